The fraction of sp³-hybridized carbons (Fsp3) is 0.275. The molecule has 0 N–H and O–H groups in total. The molecule has 7 rings (SSSR count). The van der Waals surface area contributed by atoms with Crippen LogP contribution in [0.1, 0.15) is 59.6 Å². The molecule has 4 aromatic carbocycles. The van der Waals surface area contributed by atoms with Crippen LogP contribution in [0.5, 0.6) is 0 Å². The molecule has 10 heteroatoms. The number of halogens is 8. The third-order valence-electron chi connectivity index (χ3n) is 8.71. The van der Waals surface area contributed by atoms with Gasteiger partial charge in [0.2, 0.25) is 0 Å². The van der Waals surface area contributed by atoms with Crippen LogP contribution in [0, 0.1) is 19.1 Å². The Bertz CT molecular complexity index is 2630. The second kappa shape index (κ2) is 10.9. The molecule has 6 aromatic rings. The summed E-state index contributed by atoms with van der Waals surface area (Å²) in [5, 5.41) is 1.06. The van der Waals surface area contributed by atoms with Crippen molar-refractivity contribution in [2.45, 2.75) is 64.5 Å². The van der Waals surface area contributed by atoms with Gasteiger partial charge in [-0.15, -0.1) is 0 Å². The van der Waals surface area contributed by atoms with Crippen molar-refractivity contribution < 1.29 is 50.5 Å². The van der Waals surface area contributed by atoms with Crippen LogP contribution in [-0.4, -0.2) is 16.8 Å². The highest BCUT2D eigenvalue weighted by Crippen LogP contribution is 2.67. The van der Waals surface area contributed by atoms with Gasteiger partial charge in [-0.25, -0.2) is 0 Å². The Balaban J connectivity index is 1.66. The first-order valence-electron chi connectivity index (χ1n) is 19.2. The lowest BCUT2D eigenvalue weighted by Crippen LogP contribution is -2.64. The van der Waals surface area contributed by atoms with Gasteiger partial charge >= 0.3 is 23.7 Å². The van der Waals surface area contributed by atoms with Crippen LogP contribution in [0.4, 0.5) is 35.1 Å². The number of hydrogen-bond donors (Lipinski definition) is 0. The summed E-state index contributed by atoms with van der Waals surface area (Å²) in [6.45, 7) is -3.99. The fourth-order valence-corrected chi connectivity index (χ4v) is 6.49. The van der Waals surface area contributed by atoms with Gasteiger partial charge in [-0.1, -0.05) is 87.5 Å². The third kappa shape index (κ3) is 4.70. The van der Waals surface area contributed by atoms with Gasteiger partial charge in [0.25, 0.3) is 0 Å². The molecule has 0 aliphatic heterocycles. The lowest BCUT2D eigenvalue weighted by Gasteiger charge is -2.45. The number of rotatable bonds is 4. The van der Waals surface area contributed by atoms with Crippen molar-refractivity contribution in [3.05, 3.63) is 113 Å². The monoisotopic (exact) mass is 701 g/mol. The van der Waals surface area contributed by atoms with Gasteiger partial charge in [0, 0.05) is 50.2 Å². The smallest absolute Gasteiger partial charge is 0.382 e. The quantitative estimate of drug-likeness (QED) is 0.171. The van der Waals surface area contributed by atoms with Gasteiger partial charge in [-0.2, -0.15) is 35.1 Å². The number of aromatic nitrogens is 1. The fourth-order valence-electron chi connectivity index (χ4n) is 6.49. The van der Waals surface area contributed by atoms with Gasteiger partial charge < -0.3 is 4.42 Å². The highest BCUT2D eigenvalue weighted by Gasteiger charge is 2.86. The average molecular weight is 702 g/mol. The number of nitrogens with zero attached hydrogens (tertiary/aromatic N) is 1. The number of furan rings is 1. The number of pyridine rings is 1. The summed E-state index contributed by atoms with van der Waals surface area (Å²) >= 11 is 0. The summed E-state index contributed by atoms with van der Waals surface area (Å²) in [5.41, 5.74) is -12.7. The lowest BCUT2D eigenvalue weighted by molar-refractivity contribution is -0.386. The van der Waals surface area contributed by atoms with Crippen LogP contribution in [0.25, 0.3) is 55.4 Å². The average Bonchev–Trinajstić information content (AvgIpc) is 3.51. The van der Waals surface area contributed by atoms with Gasteiger partial charge in [-0.05, 0) is 71.0 Å². The van der Waals surface area contributed by atoms with E-state index < -0.39 is 88.1 Å². The van der Waals surface area contributed by atoms with Crippen LogP contribution in [0.3, 0.4) is 0 Å². The Morgan fingerprint density at radius 3 is 1.86 bits per heavy atom. The molecule has 0 bridgehead atoms. The molecular weight excluding hydrogens is 662 g/mol. The van der Waals surface area contributed by atoms with Crippen molar-refractivity contribution >= 4 is 21.9 Å². The van der Waals surface area contributed by atoms with Crippen molar-refractivity contribution in [1.29, 1.82) is 0 Å². The second-order valence-corrected chi connectivity index (χ2v) is 13.2. The van der Waals surface area contributed by atoms with E-state index in [-0.39, 0.29) is 22.9 Å². The minimum Gasteiger partial charge on any atom is -0.455 e. The summed E-state index contributed by atoms with van der Waals surface area (Å²) in [6.07, 6.45) is -2.76. The molecule has 0 amide bonds. The Hall–Kier alpha value is -4.73. The number of fused-ring (bicyclic) bond motifs is 4. The van der Waals surface area contributed by atoms with Crippen LogP contribution < -0.4 is 0 Å². The lowest BCUT2D eigenvalue weighted by atomic mass is 9.71. The molecule has 2 nitrogen and oxygen atoms in total. The molecule has 0 fully saturated rings. The van der Waals surface area contributed by atoms with E-state index in [0.29, 0.717) is 34.2 Å². The maximum atomic E-state index is 16.5. The Labute approximate surface area is 294 Å². The van der Waals surface area contributed by atoms with E-state index in [2.05, 4.69) is 4.98 Å². The van der Waals surface area contributed by atoms with Crippen LogP contribution in [-0.2, 0) is 18.2 Å². The molecule has 1 aliphatic carbocycles. The Morgan fingerprint density at radius 2 is 1.26 bits per heavy atom. The molecule has 2 heterocycles. The van der Waals surface area contributed by atoms with Gasteiger partial charge in [0.15, 0.2) is 0 Å². The van der Waals surface area contributed by atoms with E-state index in [1.165, 1.54) is 12.1 Å². The largest absolute Gasteiger partial charge is 0.455 e. The first-order chi connectivity index (χ1) is 26.5. The van der Waals surface area contributed by atoms with Crippen molar-refractivity contribution in [1.82, 2.24) is 4.98 Å². The van der Waals surface area contributed by atoms with E-state index in [1.807, 2.05) is 12.1 Å². The zero-order valence-electron chi connectivity index (χ0n) is 34.5. The maximum Gasteiger partial charge on any atom is 0.382 e. The predicted octanol–water partition coefficient (Wildman–Crippen LogP) is 12.7. The first-order valence-corrected chi connectivity index (χ1v) is 15.2. The van der Waals surface area contributed by atoms with Gasteiger partial charge in [-0.3, -0.25) is 4.98 Å². The van der Waals surface area contributed by atoms with E-state index >= 15 is 35.1 Å². The molecule has 0 radical (unpaired) electrons. The van der Waals surface area contributed by atoms with Crippen molar-refractivity contribution in [3.63, 3.8) is 0 Å². The molecule has 258 valence electrons. The molecule has 2 aromatic heterocycles. The van der Waals surface area contributed by atoms with E-state index in [4.69, 9.17) is 15.4 Å². The van der Waals surface area contributed by atoms with E-state index in [0.717, 1.165) is 26.3 Å². The summed E-state index contributed by atoms with van der Waals surface area (Å²) < 4.78 is 200. The van der Waals surface area contributed by atoms with Crippen molar-refractivity contribution in [2.75, 3.05) is 0 Å². The van der Waals surface area contributed by atoms with Crippen LogP contribution in [0.2, 0.25) is 0 Å². The molecule has 0 unspecified atom stereocenters. The van der Waals surface area contributed by atoms with E-state index in [9.17, 15) is 0 Å². The Kier molecular flexibility index (Phi) is 5.50. The van der Waals surface area contributed by atoms with Gasteiger partial charge in [0.05, 0.1) is 5.69 Å². The number of para-hydroxylation sites is 2. The SMILES string of the molecule is [2H]C([2H])([2H])c1cnc(-c2cccc3c2oc2c(-c4ccccc4)cccc23)cc1-c1c(C([2H])([2H])[2H])cc(C([2H])([2H])C(C)(C)C)c2c1C(F)(F)C(F)(F)C(F)(F)C2(F)F. The Morgan fingerprint density at radius 1 is 0.680 bits per heavy atom. The van der Waals surface area contributed by atoms with Crippen LogP contribution in [0.15, 0.2) is 89.5 Å². The van der Waals surface area contributed by atoms with E-state index in [1.54, 1.807) is 42.5 Å². The molecule has 0 saturated heterocycles. The molecule has 0 spiro atoms. The summed E-state index contributed by atoms with van der Waals surface area (Å²) in [6, 6.07) is 19.8. The predicted molar refractivity (Wildman–Crippen MR) is 178 cm³/mol. The second-order valence-electron chi connectivity index (χ2n) is 13.2. The number of alkyl halides is 8. The number of hydrogen-bond acceptors (Lipinski definition) is 2. The normalized spacial score (nSPS) is 20.8. The van der Waals surface area contributed by atoms with Gasteiger partial charge in [0.1, 0.15) is 11.2 Å². The standard InChI is InChI=1S/C40H31F8NO/c1-21-17-24(19-36(3,4)5)32-33(38(43,44)40(47,48)39(45,46)37(32,41)42)31(21)29-18-30(49-20-22(29)2)28-16-10-15-27-26-14-9-13-25(34(26)50-35(27)28)23-11-7-6-8-12-23/h6-18,20H,19H2,1-5H3/i1D3,2D3,19D2. The summed E-state index contributed by atoms with van der Waals surface area (Å²) in [5.74, 6) is -26.4. The highest BCUT2D eigenvalue weighted by molar-refractivity contribution is 6.12. The maximum absolute atomic E-state index is 16.5. The molecular formula is C40H31F8NO. The minimum absolute atomic E-state index is 0.0324. The summed E-state index contributed by atoms with van der Waals surface area (Å²) in [7, 11) is 0. The summed E-state index contributed by atoms with van der Waals surface area (Å²) in [4.78, 5) is 4.19. The molecule has 50 heavy (non-hydrogen) atoms. The topological polar surface area (TPSA) is 26.0 Å². The van der Waals surface area contributed by atoms with Crippen molar-refractivity contribution in [2.24, 2.45) is 5.41 Å². The zero-order valence-corrected chi connectivity index (χ0v) is 26.5. The molecule has 0 atom stereocenters. The highest BCUT2D eigenvalue weighted by atomic mass is 19.4. The molecule has 0 saturated carbocycles. The minimum atomic E-state index is -6.92. The van der Waals surface area contributed by atoms with Crippen molar-refractivity contribution in [3.8, 4) is 33.5 Å². The zero-order chi connectivity index (χ0) is 43.0. The third-order valence-corrected chi connectivity index (χ3v) is 8.71. The first kappa shape index (κ1) is 25.3. The molecule has 1 aliphatic rings. The van der Waals surface area contributed by atoms with Crippen LogP contribution >= 0.6 is 0 Å². The number of aryl methyl sites for hydroxylation is 2. The number of benzene rings is 4.